The summed E-state index contributed by atoms with van der Waals surface area (Å²) in [5.74, 6) is -0.809. The fourth-order valence-corrected chi connectivity index (χ4v) is 3.38. The molecule has 0 radical (unpaired) electrons. The highest BCUT2D eigenvalue weighted by atomic mass is 32.1. The van der Waals surface area contributed by atoms with Crippen LogP contribution in [-0.2, 0) is 17.8 Å². The van der Waals surface area contributed by atoms with Gasteiger partial charge in [0.25, 0.3) is 0 Å². The average Bonchev–Trinajstić information content (AvgIpc) is 2.76. The molecule has 1 fully saturated rings. The van der Waals surface area contributed by atoms with Crippen LogP contribution in [0.1, 0.15) is 43.3 Å². The number of carboxylic acids is 1. The van der Waals surface area contributed by atoms with Crippen molar-refractivity contribution in [3.05, 3.63) is 16.1 Å². The lowest BCUT2D eigenvalue weighted by atomic mass is 10.0. The van der Waals surface area contributed by atoms with Gasteiger partial charge in [0.05, 0.1) is 18.7 Å². The smallest absolute Gasteiger partial charge is 0.309 e. The molecular weight excluding hydrogens is 248 g/mol. The van der Waals surface area contributed by atoms with Crippen LogP contribution >= 0.6 is 11.3 Å². The number of aliphatic carboxylic acids is 1. The summed E-state index contributed by atoms with van der Waals surface area (Å²) in [6.45, 7) is 4.26. The maximum Gasteiger partial charge on any atom is 0.309 e. The van der Waals surface area contributed by atoms with E-state index in [9.17, 15) is 4.79 Å². The van der Waals surface area contributed by atoms with Crippen LogP contribution in [0.25, 0.3) is 0 Å². The Morgan fingerprint density at radius 2 is 2.44 bits per heavy atom. The molecule has 18 heavy (non-hydrogen) atoms. The summed E-state index contributed by atoms with van der Waals surface area (Å²) >= 11 is 1.58. The molecule has 1 N–H and O–H groups in total. The number of carbonyl (C=O) groups is 1. The monoisotopic (exact) mass is 268 g/mol. The van der Waals surface area contributed by atoms with Crippen LogP contribution in [0.4, 0.5) is 0 Å². The highest BCUT2D eigenvalue weighted by Gasteiger charge is 2.21. The van der Waals surface area contributed by atoms with E-state index in [2.05, 4.69) is 16.8 Å². The maximum absolute atomic E-state index is 10.6. The fraction of sp³-hybridized carbons (Fsp3) is 0.692. The molecule has 100 valence electrons. The van der Waals surface area contributed by atoms with Gasteiger partial charge in [-0.25, -0.2) is 4.98 Å². The lowest BCUT2D eigenvalue weighted by molar-refractivity contribution is -0.136. The first-order valence-corrected chi connectivity index (χ1v) is 7.46. The van der Waals surface area contributed by atoms with Crippen LogP contribution in [0.5, 0.6) is 0 Å². The van der Waals surface area contributed by atoms with Crippen molar-refractivity contribution in [3.8, 4) is 0 Å². The first kappa shape index (κ1) is 13.5. The number of nitrogens with zero attached hydrogens (tertiary/aromatic N) is 2. The van der Waals surface area contributed by atoms with E-state index in [-0.39, 0.29) is 6.42 Å². The third kappa shape index (κ3) is 3.53. The van der Waals surface area contributed by atoms with E-state index in [1.54, 1.807) is 11.3 Å². The van der Waals surface area contributed by atoms with Crippen molar-refractivity contribution in [2.24, 2.45) is 0 Å². The Morgan fingerprint density at radius 3 is 3.17 bits per heavy atom. The Labute approximate surface area is 112 Å². The van der Waals surface area contributed by atoms with Crippen LogP contribution in [0.3, 0.4) is 0 Å². The maximum atomic E-state index is 10.6. The van der Waals surface area contributed by atoms with E-state index >= 15 is 0 Å². The SMILES string of the molecule is CCC1CCCCN1Cc1nc(CC(=O)O)cs1. The predicted molar refractivity (Wildman–Crippen MR) is 71.8 cm³/mol. The number of aromatic nitrogens is 1. The Morgan fingerprint density at radius 1 is 1.61 bits per heavy atom. The third-order valence-corrected chi connectivity index (χ3v) is 4.37. The summed E-state index contributed by atoms with van der Waals surface area (Å²) in [6.07, 6.45) is 5.10. The molecule has 1 aromatic rings. The van der Waals surface area contributed by atoms with Crippen molar-refractivity contribution >= 4 is 17.3 Å². The van der Waals surface area contributed by atoms with Gasteiger partial charge < -0.3 is 5.11 Å². The Balaban J connectivity index is 1.95. The Hall–Kier alpha value is -0.940. The number of thiazole rings is 1. The molecule has 5 heteroatoms. The van der Waals surface area contributed by atoms with Crippen molar-refractivity contribution in [2.45, 2.75) is 51.6 Å². The molecule has 1 aliphatic rings. The van der Waals surface area contributed by atoms with E-state index in [1.165, 1.54) is 25.7 Å². The first-order valence-electron chi connectivity index (χ1n) is 6.58. The number of carboxylic acid groups (broad SMARTS) is 1. The second-order valence-electron chi connectivity index (χ2n) is 4.83. The molecule has 1 unspecified atom stereocenters. The fourth-order valence-electron chi connectivity index (χ4n) is 2.56. The van der Waals surface area contributed by atoms with E-state index in [0.29, 0.717) is 11.7 Å². The molecular formula is C13H20N2O2S. The van der Waals surface area contributed by atoms with Gasteiger partial charge in [-0.05, 0) is 25.8 Å². The quantitative estimate of drug-likeness (QED) is 0.891. The highest BCUT2D eigenvalue weighted by Crippen LogP contribution is 2.23. The van der Waals surface area contributed by atoms with Gasteiger partial charge in [0.1, 0.15) is 5.01 Å². The van der Waals surface area contributed by atoms with E-state index < -0.39 is 5.97 Å². The van der Waals surface area contributed by atoms with Gasteiger partial charge in [0.2, 0.25) is 0 Å². The van der Waals surface area contributed by atoms with Gasteiger partial charge in [-0.2, -0.15) is 0 Å². The molecule has 0 spiro atoms. The lowest BCUT2D eigenvalue weighted by Gasteiger charge is -2.34. The molecule has 0 aromatic carbocycles. The predicted octanol–water partition coefficient (Wildman–Crippen LogP) is 2.53. The zero-order valence-corrected chi connectivity index (χ0v) is 11.6. The summed E-state index contributed by atoms with van der Waals surface area (Å²) in [6, 6.07) is 0.672. The summed E-state index contributed by atoms with van der Waals surface area (Å²) in [5, 5.41) is 11.6. The van der Waals surface area contributed by atoms with E-state index in [0.717, 1.165) is 18.1 Å². The highest BCUT2D eigenvalue weighted by molar-refractivity contribution is 7.09. The molecule has 0 saturated carbocycles. The number of rotatable bonds is 5. The van der Waals surface area contributed by atoms with Gasteiger partial charge in [0.15, 0.2) is 0 Å². The zero-order chi connectivity index (χ0) is 13.0. The number of piperidine rings is 1. The molecule has 1 atom stereocenters. The topological polar surface area (TPSA) is 53.4 Å². The van der Waals surface area contributed by atoms with Crippen molar-refractivity contribution in [2.75, 3.05) is 6.54 Å². The number of likely N-dealkylation sites (tertiary alicyclic amines) is 1. The van der Waals surface area contributed by atoms with Crippen LogP contribution in [0, 0.1) is 0 Å². The summed E-state index contributed by atoms with van der Waals surface area (Å²) in [4.78, 5) is 17.5. The summed E-state index contributed by atoms with van der Waals surface area (Å²) in [5.41, 5.74) is 0.688. The standard InChI is InChI=1S/C13H20N2O2S/c1-2-11-5-3-4-6-15(11)8-12-14-10(9-18-12)7-13(16)17/h9,11H,2-8H2,1H3,(H,16,17). The number of hydrogen-bond donors (Lipinski definition) is 1. The zero-order valence-electron chi connectivity index (χ0n) is 10.8. The minimum Gasteiger partial charge on any atom is -0.481 e. The van der Waals surface area contributed by atoms with Crippen LogP contribution in [0.2, 0.25) is 0 Å². The molecule has 1 aliphatic heterocycles. The van der Waals surface area contributed by atoms with Crippen LogP contribution in [-0.4, -0.2) is 33.5 Å². The second kappa shape index (κ2) is 6.29. The summed E-state index contributed by atoms with van der Waals surface area (Å²) in [7, 11) is 0. The molecule has 1 aromatic heterocycles. The van der Waals surface area contributed by atoms with Crippen LogP contribution in [0.15, 0.2) is 5.38 Å². The van der Waals surface area contributed by atoms with Crippen molar-refractivity contribution in [1.29, 1.82) is 0 Å². The van der Waals surface area contributed by atoms with Crippen LogP contribution < -0.4 is 0 Å². The first-order chi connectivity index (χ1) is 8.69. The van der Waals surface area contributed by atoms with Crippen molar-refractivity contribution in [1.82, 2.24) is 9.88 Å². The van der Waals surface area contributed by atoms with E-state index in [4.69, 9.17) is 5.11 Å². The minimum atomic E-state index is -0.809. The van der Waals surface area contributed by atoms with Crippen molar-refractivity contribution in [3.63, 3.8) is 0 Å². The largest absolute Gasteiger partial charge is 0.481 e. The Bertz CT molecular complexity index is 405. The normalized spacial score (nSPS) is 21.1. The molecule has 4 nitrogen and oxygen atoms in total. The van der Waals surface area contributed by atoms with E-state index in [1.807, 2.05) is 5.38 Å². The third-order valence-electron chi connectivity index (χ3n) is 3.49. The molecule has 0 aliphatic carbocycles. The van der Waals surface area contributed by atoms with Gasteiger partial charge >= 0.3 is 5.97 Å². The lowest BCUT2D eigenvalue weighted by Crippen LogP contribution is -2.38. The molecule has 0 amide bonds. The Kier molecular flexibility index (Phi) is 4.72. The van der Waals surface area contributed by atoms with Gasteiger partial charge in [-0.15, -0.1) is 11.3 Å². The van der Waals surface area contributed by atoms with Gasteiger partial charge in [-0.1, -0.05) is 13.3 Å². The molecule has 1 saturated heterocycles. The molecule has 0 bridgehead atoms. The average molecular weight is 268 g/mol. The second-order valence-corrected chi connectivity index (χ2v) is 5.77. The molecule has 2 rings (SSSR count). The summed E-state index contributed by atoms with van der Waals surface area (Å²) < 4.78 is 0. The van der Waals surface area contributed by atoms with Crippen molar-refractivity contribution < 1.29 is 9.90 Å². The minimum absolute atomic E-state index is 0.0354. The van der Waals surface area contributed by atoms with Gasteiger partial charge in [0, 0.05) is 11.4 Å². The molecule has 2 heterocycles. The van der Waals surface area contributed by atoms with Gasteiger partial charge in [-0.3, -0.25) is 9.69 Å². The number of hydrogen-bond acceptors (Lipinski definition) is 4.